The van der Waals surface area contributed by atoms with Gasteiger partial charge in [0, 0.05) is 28.2 Å². The van der Waals surface area contributed by atoms with Crippen molar-refractivity contribution in [3.8, 4) is 11.1 Å². The minimum atomic E-state index is 1.10. The van der Waals surface area contributed by atoms with Crippen LogP contribution in [-0.2, 0) is 0 Å². The highest BCUT2D eigenvalue weighted by Gasteiger charge is 2.08. The third kappa shape index (κ3) is 1.27. The first-order chi connectivity index (χ1) is 7.36. The molecule has 0 aliphatic carbocycles. The van der Waals surface area contributed by atoms with Gasteiger partial charge in [0.15, 0.2) is 0 Å². The number of fused-ring (bicyclic) bond motifs is 1. The van der Waals surface area contributed by atoms with Crippen LogP contribution in [0.5, 0.6) is 0 Å². The van der Waals surface area contributed by atoms with Gasteiger partial charge in [-0.15, -0.1) is 11.3 Å². The van der Waals surface area contributed by atoms with E-state index in [-0.39, 0.29) is 0 Å². The van der Waals surface area contributed by atoms with Crippen molar-refractivity contribution in [2.75, 3.05) is 0 Å². The quantitative estimate of drug-likeness (QED) is 0.658. The van der Waals surface area contributed by atoms with E-state index in [4.69, 9.17) is 0 Å². The summed E-state index contributed by atoms with van der Waals surface area (Å²) in [6, 6.07) is 4.22. The molecule has 3 heteroatoms. The van der Waals surface area contributed by atoms with E-state index in [0.717, 1.165) is 5.52 Å². The van der Waals surface area contributed by atoms with Gasteiger partial charge in [-0.05, 0) is 30.0 Å². The molecule has 3 rings (SSSR count). The van der Waals surface area contributed by atoms with Crippen LogP contribution in [0.25, 0.3) is 22.0 Å². The Hall–Kier alpha value is -1.61. The molecule has 2 nitrogen and oxygen atoms in total. The van der Waals surface area contributed by atoms with Crippen molar-refractivity contribution >= 4 is 22.2 Å². The van der Waals surface area contributed by atoms with Gasteiger partial charge in [-0.25, -0.2) is 0 Å². The lowest BCUT2D eigenvalue weighted by atomic mass is 10.1. The molecule has 0 atom stereocenters. The molecule has 1 N–H and O–H groups in total. The van der Waals surface area contributed by atoms with Crippen LogP contribution >= 0.6 is 11.3 Å². The van der Waals surface area contributed by atoms with Crippen LogP contribution < -0.4 is 0 Å². The Morgan fingerprint density at radius 1 is 1.27 bits per heavy atom. The minimum Gasteiger partial charge on any atom is -0.359 e. The fraction of sp³-hybridized carbons (Fsp3) is 0.0833. The Labute approximate surface area is 91.6 Å². The summed E-state index contributed by atoms with van der Waals surface area (Å²) in [6.07, 6.45) is 5.75. The van der Waals surface area contributed by atoms with Crippen molar-refractivity contribution in [3.63, 3.8) is 0 Å². The molecule has 3 aromatic heterocycles. The third-order valence-electron chi connectivity index (χ3n) is 2.63. The molecule has 0 spiro atoms. The lowest BCUT2D eigenvalue weighted by Crippen LogP contribution is -1.74. The highest BCUT2D eigenvalue weighted by molar-refractivity contribution is 7.10. The highest BCUT2D eigenvalue weighted by atomic mass is 32.1. The van der Waals surface area contributed by atoms with Crippen LogP contribution in [0.2, 0.25) is 0 Å². The molecule has 15 heavy (non-hydrogen) atoms. The number of aryl methyl sites for hydroxylation is 1. The van der Waals surface area contributed by atoms with Gasteiger partial charge >= 0.3 is 0 Å². The highest BCUT2D eigenvalue weighted by Crippen LogP contribution is 2.32. The van der Waals surface area contributed by atoms with E-state index < -0.39 is 0 Å². The van der Waals surface area contributed by atoms with Crippen LogP contribution in [-0.4, -0.2) is 9.97 Å². The molecule has 0 amide bonds. The lowest BCUT2D eigenvalue weighted by Gasteiger charge is -1.96. The summed E-state index contributed by atoms with van der Waals surface area (Å²) in [5.74, 6) is 0. The summed E-state index contributed by atoms with van der Waals surface area (Å²) in [5, 5.41) is 3.37. The maximum absolute atomic E-state index is 4.10. The SMILES string of the molecule is Cc1sccc1-c1c[nH]c2cnccc12. The van der Waals surface area contributed by atoms with Crippen molar-refractivity contribution in [2.45, 2.75) is 6.92 Å². The van der Waals surface area contributed by atoms with E-state index in [0.29, 0.717) is 0 Å². The van der Waals surface area contributed by atoms with Crippen LogP contribution in [0, 0.1) is 6.92 Å². The zero-order valence-corrected chi connectivity index (χ0v) is 9.14. The van der Waals surface area contributed by atoms with Crippen molar-refractivity contribution < 1.29 is 0 Å². The Morgan fingerprint density at radius 2 is 2.20 bits per heavy atom. The largest absolute Gasteiger partial charge is 0.359 e. The number of hydrogen-bond donors (Lipinski definition) is 1. The monoisotopic (exact) mass is 214 g/mol. The fourth-order valence-corrected chi connectivity index (χ4v) is 2.57. The number of nitrogens with one attached hydrogen (secondary N) is 1. The summed E-state index contributed by atoms with van der Waals surface area (Å²) >= 11 is 1.78. The van der Waals surface area contributed by atoms with Crippen LogP contribution in [0.15, 0.2) is 36.1 Å². The molecule has 0 fully saturated rings. The second-order valence-electron chi connectivity index (χ2n) is 3.51. The number of aromatic amines is 1. The second kappa shape index (κ2) is 3.21. The van der Waals surface area contributed by atoms with Crippen LogP contribution in [0.1, 0.15) is 4.88 Å². The smallest absolute Gasteiger partial charge is 0.0646 e. The van der Waals surface area contributed by atoms with Gasteiger partial charge in [-0.3, -0.25) is 4.98 Å². The molecule has 0 aliphatic rings. The zero-order chi connectivity index (χ0) is 10.3. The average Bonchev–Trinajstić information content (AvgIpc) is 2.83. The van der Waals surface area contributed by atoms with E-state index in [2.05, 4.69) is 40.6 Å². The van der Waals surface area contributed by atoms with E-state index in [9.17, 15) is 0 Å². The van der Waals surface area contributed by atoms with Gasteiger partial charge in [0.2, 0.25) is 0 Å². The van der Waals surface area contributed by atoms with Crippen molar-refractivity contribution in [2.24, 2.45) is 0 Å². The molecule has 0 aromatic carbocycles. The molecule has 0 saturated carbocycles. The van der Waals surface area contributed by atoms with Gasteiger partial charge in [0.1, 0.15) is 0 Å². The molecule has 0 bridgehead atoms. The standard InChI is InChI=1S/C12H10N2S/c1-8-9(3-5-15-8)11-6-14-12-7-13-4-2-10(11)12/h2-7,14H,1H3. The maximum Gasteiger partial charge on any atom is 0.0646 e. The molecule has 0 unspecified atom stereocenters. The summed E-state index contributed by atoms with van der Waals surface area (Å²) in [4.78, 5) is 8.70. The van der Waals surface area contributed by atoms with E-state index in [1.807, 2.05) is 12.4 Å². The van der Waals surface area contributed by atoms with Crippen molar-refractivity contribution in [1.82, 2.24) is 9.97 Å². The van der Waals surface area contributed by atoms with Gasteiger partial charge in [-0.2, -0.15) is 0 Å². The molecule has 0 radical (unpaired) electrons. The first kappa shape index (κ1) is 8.68. The molecule has 0 saturated heterocycles. The molecule has 3 heterocycles. The number of pyridine rings is 1. The first-order valence-corrected chi connectivity index (χ1v) is 5.70. The number of hydrogen-bond acceptors (Lipinski definition) is 2. The van der Waals surface area contributed by atoms with Gasteiger partial charge in [0.05, 0.1) is 11.7 Å². The zero-order valence-electron chi connectivity index (χ0n) is 8.32. The topological polar surface area (TPSA) is 28.7 Å². The number of H-pyrrole nitrogens is 1. The van der Waals surface area contributed by atoms with E-state index >= 15 is 0 Å². The summed E-state index contributed by atoms with van der Waals surface area (Å²) in [6.45, 7) is 2.15. The molecule has 74 valence electrons. The van der Waals surface area contributed by atoms with E-state index in [1.54, 1.807) is 11.3 Å². The Morgan fingerprint density at radius 3 is 3.00 bits per heavy atom. The molecular weight excluding hydrogens is 204 g/mol. The number of thiophene rings is 1. The maximum atomic E-state index is 4.10. The number of rotatable bonds is 1. The summed E-state index contributed by atoms with van der Waals surface area (Å²) < 4.78 is 0. The summed E-state index contributed by atoms with van der Waals surface area (Å²) in [7, 11) is 0. The van der Waals surface area contributed by atoms with Crippen LogP contribution in [0.4, 0.5) is 0 Å². The van der Waals surface area contributed by atoms with Crippen LogP contribution in [0.3, 0.4) is 0 Å². The average molecular weight is 214 g/mol. The second-order valence-corrected chi connectivity index (χ2v) is 4.63. The van der Waals surface area contributed by atoms with Gasteiger partial charge in [0.25, 0.3) is 0 Å². The number of nitrogens with zero attached hydrogens (tertiary/aromatic N) is 1. The van der Waals surface area contributed by atoms with Crippen molar-refractivity contribution in [3.05, 3.63) is 41.0 Å². The lowest BCUT2D eigenvalue weighted by molar-refractivity contribution is 1.34. The minimum absolute atomic E-state index is 1.10. The normalized spacial score (nSPS) is 11.0. The number of aromatic nitrogens is 2. The Balaban J connectivity index is 2.32. The predicted octanol–water partition coefficient (Wildman–Crippen LogP) is 3.60. The predicted molar refractivity (Wildman–Crippen MR) is 64.1 cm³/mol. The van der Waals surface area contributed by atoms with E-state index in [1.165, 1.54) is 21.4 Å². The molecule has 3 aromatic rings. The Kier molecular flexibility index (Phi) is 1.86. The fourth-order valence-electron chi connectivity index (χ4n) is 1.86. The first-order valence-electron chi connectivity index (χ1n) is 4.82. The summed E-state index contributed by atoms with van der Waals surface area (Å²) in [5.41, 5.74) is 3.68. The van der Waals surface area contributed by atoms with Gasteiger partial charge in [-0.1, -0.05) is 0 Å². The Bertz CT molecular complexity index is 607. The molecule has 0 aliphatic heterocycles. The van der Waals surface area contributed by atoms with Gasteiger partial charge < -0.3 is 4.98 Å². The van der Waals surface area contributed by atoms with Crippen molar-refractivity contribution in [1.29, 1.82) is 0 Å². The molecular formula is C12H10N2S. The third-order valence-corrected chi connectivity index (χ3v) is 3.48.